The van der Waals surface area contributed by atoms with Gasteiger partial charge in [0.1, 0.15) is 5.82 Å². The molecule has 0 N–H and O–H groups in total. The minimum absolute atomic E-state index is 0.548. The number of nitrogens with zero attached hydrogens (tertiary/aromatic N) is 5. The molecule has 0 spiro atoms. The Kier molecular flexibility index (Phi) is 2.65. The van der Waals surface area contributed by atoms with Crippen molar-refractivity contribution >= 4 is 0 Å². The summed E-state index contributed by atoms with van der Waals surface area (Å²) in [7, 11) is 0. The maximum Gasteiger partial charge on any atom is 0.109 e. The molecular weight excluding hydrogens is 238 g/mol. The lowest BCUT2D eigenvalue weighted by atomic mass is 10.1. The third-order valence-corrected chi connectivity index (χ3v) is 4.18. The Balaban J connectivity index is 1.37. The summed E-state index contributed by atoms with van der Waals surface area (Å²) in [5.74, 6) is 1.28. The molecule has 0 amide bonds. The molecule has 4 rings (SSSR count). The van der Waals surface area contributed by atoms with Crippen LogP contribution >= 0.6 is 0 Å². The Bertz CT molecular complexity index is 527. The monoisotopic (exact) mass is 257 g/mol. The second-order valence-corrected chi connectivity index (χ2v) is 5.63. The van der Waals surface area contributed by atoms with Gasteiger partial charge in [-0.2, -0.15) is 5.10 Å². The molecule has 0 aromatic carbocycles. The highest BCUT2D eigenvalue weighted by atomic mass is 15.4. The summed E-state index contributed by atoms with van der Waals surface area (Å²) in [6, 6.07) is 2.54. The maximum atomic E-state index is 4.76. The van der Waals surface area contributed by atoms with Crippen LogP contribution in [0, 0.1) is 0 Å². The maximum absolute atomic E-state index is 4.76. The lowest BCUT2D eigenvalue weighted by Gasteiger charge is -2.38. The minimum Gasteiger partial charge on any atom is -0.335 e. The SMILES string of the molecule is c1cnn(C2CN(Cc3cn4c(n3)CCCC4)C2)c1. The number of rotatable bonds is 3. The average Bonchev–Trinajstić information content (AvgIpc) is 3.01. The predicted octanol–water partition coefficient (Wildman–Crippen LogP) is 1.47. The first-order valence-electron chi connectivity index (χ1n) is 7.15. The largest absolute Gasteiger partial charge is 0.335 e. The molecule has 2 aromatic heterocycles. The molecule has 5 nitrogen and oxygen atoms in total. The van der Waals surface area contributed by atoms with Gasteiger partial charge >= 0.3 is 0 Å². The van der Waals surface area contributed by atoms with Crippen LogP contribution in [0.5, 0.6) is 0 Å². The Morgan fingerprint density at radius 3 is 3.00 bits per heavy atom. The third-order valence-electron chi connectivity index (χ3n) is 4.18. The molecule has 100 valence electrons. The van der Waals surface area contributed by atoms with Crippen molar-refractivity contribution in [2.75, 3.05) is 13.1 Å². The highest BCUT2D eigenvalue weighted by Crippen LogP contribution is 2.23. The second kappa shape index (κ2) is 4.49. The van der Waals surface area contributed by atoms with Gasteiger partial charge in [0.15, 0.2) is 0 Å². The quantitative estimate of drug-likeness (QED) is 0.836. The summed E-state index contributed by atoms with van der Waals surface area (Å²) in [4.78, 5) is 7.20. The fourth-order valence-corrected chi connectivity index (χ4v) is 3.11. The van der Waals surface area contributed by atoms with Crippen molar-refractivity contribution in [1.82, 2.24) is 24.2 Å². The van der Waals surface area contributed by atoms with Crippen LogP contribution in [0.1, 0.15) is 30.4 Å². The van der Waals surface area contributed by atoms with Gasteiger partial charge in [0.2, 0.25) is 0 Å². The number of aryl methyl sites for hydroxylation is 2. The molecular formula is C14H19N5. The molecule has 19 heavy (non-hydrogen) atoms. The fraction of sp³-hybridized carbons (Fsp3) is 0.571. The minimum atomic E-state index is 0.548. The summed E-state index contributed by atoms with van der Waals surface area (Å²) >= 11 is 0. The molecule has 0 unspecified atom stereocenters. The molecule has 0 radical (unpaired) electrons. The fourth-order valence-electron chi connectivity index (χ4n) is 3.11. The number of hydrogen-bond acceptors (Lipinski definition) is 3. The van der Waals surface area contributed by atoms with E-state index in [1.165, 1.54) is 24.4 Å². The predicted molar refractivity (Wildman–Crippen MR) is 71.7 cm³/mol. The first-order valence-corrected chi connectivity index (χ1v) is 7.15. The van der Waals surface area contributed by atoms with Crippen molar-refractivity contribution in [2.45, 2.75) is 38.4 Å². The van der Waals surface area contributed by atoms with Crippen LogP contribution in [0.25, 0.3) is 0 Å². The van der Waals surface area contributed by atoms with E-state index < -0.39 is 0 Å². The normalized spacial score (nSPS) is 20.2. The standard InChI is InChI=1S/C14H19N5/c1-2-6-18-9-12(16-14(18)4-1)8-17-10-13(11-17)19-7-3-5-15-19/h3,5,7,9,13H,1-2,4,6,8,10-11H2. The van der Waals surface area contributed by atoms with Crippen LogP contribution in [0.15, 0.2) is 24.7 Å². The lowest BCUT2D eigenvalue weighted by Crippen LogP contribution is -2.47. The van der Waals surface area contributed by atoms with Crippen molar-refractivity contribution in [3.8, 4) is 0 Å². The van der Waals surface area contributed by atoms with Crippen molar-refractivity contribution in [3.63, 3.8) is 0 Å². The molecule has 1 fully saturated rings. The molecule has 0 aliphatic carbocycles. The second-order valence-electron chi connectivity index (χ2n) is 5.63. The molecule has 4 heterocycles. The first-order chi connectivity index (χ1) is 9.38. The summed E-state index contributed by atoms with van der Waals surface area (Å²) in [5.41, 5.74) is 1.23. The highest BCUT2D eigenvalue weighted by Gasteiger charge is 2.29. The van der Waals surface area contributed by atoms with E-state index in [2.05, 4.69) is 31.6 Å². The van der Waals surface area contributed by atoms with Crippen molar-refractivity contribution in [1.29, 1.82) is 0 Å². The average molecular weight is 257 g/mol. The van der Waals surface area contributed by atoms with Gasteiger partial charge in [-0.25, -0.2) is 4.98 Å². The van der Waals surface area contributed by atoms with E-state index in [-0.39, 0.29) is 0 Å². The van der Waals surface area contributed by atoms with Crippen LogP contribution in [0.4, 0.5) is 0 Å². The lowest BCUT2D eigenvalue weighted by molar-refractivity contribution is 0.0896. The van der Waals surface area contributed by atoms with Gasteiger partial charge in [0.05, 0.1) is 11.7 Å². The van der Waals surface area contributed by atoms with Crippen LogP contribution < -0.4 is 0 Å². The van der Waals surface area contributed by atoms with Crippen molar-refractivity contribution < 1.29 is 0 Å². The van der Waals surface area contributed by atoms with Gasteiger partial charge < -0.3 is 4.57 Å². The van der Waals surface area contributed by atoms with Crippen molar-refractivity contribution in [3.05, 3.63) is 36.2 Å². The van der Waals surface area contributed by atoms with Gasteiger partial charge in [0.25, 0.3) is 0 Å². The molecule has 0 bridgehead atoms. The van der Waals surface area contributed by atoms with E-state index in [4.69, 9.17) is 4.98 Å². The molecule has 0 saturated carbocycles. The van der Waals surface area contributed by atoms with E-state index in [0.717, 1.165) is 32.6 Å². The van der Waals surface area contributed by atoms with Gasteiger partial charge in [-0.05, 0) is 18.9 Å². The zero-order valence-electron chi connectivity index (χ0n) is 11.1. The summed E-state index contributed by atoms with van der Waals surface area (Å²) in [6.07, 6.45) is 9.89. The molecule has 2 aliphatic rings. The molecule has 2 aromatic rings. The Labute approximate surface area is 112 Å². The Hall–Kier alpha value is -1.62. The number of likely N-dealkylation sites (tertiary alicyclic amines) is 1. The summed E-state index contributed by atoms with van der Waals surface area (Å²) in [5, 5.41) is 4.30. The highest BCUT2D eigenvalue weighted by molar-refractivity contribution is 5.07. The number of fused-ring (bicyclic) bond motifs is 1. The van der Waals surface area contributed by atoms with Crippen LogP contribution in [-0.2, 0) is 19.5 Å². The van der Waals surface area contributed by atoms with E-state index in [1.807, 2.05) is 12.3 Å². The van der Waals surface area contributed by atoms with E-state index in [0.29, 0.717) is 6.04 Å². The van der Waals surface area contributed by atoms with Gasteiger partial charge in [-0.15, -0.1) is 0 Å². The molecule has 0 atom stereocenters. The topological polar surface area (TPSA) is 38.9 Å². The number of aromatic nitrogens is 4. The zero-order valence-corrected chi connectivity index (χ0v) is 11.1. The van der Waals surface area contributed by atoms with E-state index >= 15 is 0 Å². The molecule has 2 aliphatic heterocycles. The Morgan fingerprint density at radius 2 is 2.21 bits per heavy atom. The van der Waals surface area contributed by atoms with Crippen LogP contribution in [-0.4, -0.2) is 37.3 Å². The zero-order chi connectivity index (χ0) is 12.7. The first kappa shape index (κ1) is 11.2. The van der Waals surface area contributed by atoms with Gasteiger partial charge in [-0.3, -0.25) is 9.58 Å². The van der Waals surface area contributed by atoms with E-state index in [1.54, 1.807) is 0 Å². The van der Waals surface area contributed by atoms with Crippen LogP contribution in [0.2, 0.25) is 0 Å². The molecule has 5 heteroatoms. The number of imidazole rings is 1. The Morgan fingerprint density at radius 1 is 1.26 bits per heavy atom. The van der Waals surface area contributed by atoms with Gasteiger partial charge in [0, 0.05) is 51.2 Å². The summed E-state index contributed by atoms with van der Waals surface area (Å²) < 4.78 is 4.40. The van der Waals surface area contributed by atoms with Gasteiger partial charge in [-0.1, -0.05) is 0 Å². The third kappa shape index (κ3) is 2.08. The van der Waals surface area contributed by atoms with Crippen LogP contribution in [0.3, 0.4) is 0 Å². The van der Waals surface area contributed by atoms with E-state index in [9.17, 15) is 0 Å². The summed E-state index contributed by atoms with van der Waals surface area (Å²) in [6.45, 7) is 4.31. The number of hydrogen-bond donors (Lipinski definition) is 0. The van der Waals surface area contributed by atoms with Crippen molar-refractivity contribution in [2.24, 2.45) is 0 Å². The smallest absolute Gasteiger partial charge is 0.109 e. The molecule has 1 saturated heterocycles.